The Hall–Kier alpha value is -0.820. The second-order valence-corrected chi connectivity index (χ2v) is 5.99. The summed E-state index contributed by atoms with van der Waals surface area (Å²) in [5.41, 5.74) is 4.33. The Morgan fingerprint density at radius 3 is 2.33 bits per heavy atom. The minimum Gasteiger partial charge on any atom is -0.317 e. The molecule has 2 unspecified atom stereocenters. The molecule has 1 aromatic rings. The van der Waals surface area contributed by atoms with E-state index >= 15 is 0 Å². The third-order valence-electron chi connectivity index (χ3n) is 4.31. The van der Waals surface area contributed by atoms with Crippen molar-refractivity contribution in [3.63, 3.8) is 0 Å². The van der Waals surface area contributed by atoms with Gasteiger partial charge < -0.3 is 5.32 Å². The van der Waals surface area contributed by atoms with Gasteiger partial charge in [-0.2, -0.15) is 0 Å². The van der Waals surface area contributed by atoms with Crippen LogP contribution in [0.1, 0.15) is 48.8 Å². The van der Waals surface area contributed by atoms with Crippen LogP contribution >= 0.6 is 0 Å². The highest BCUT2D eigenvalue weighted by atomic mass is 14.9. The topological polar surface area (TPSA) is 12.0 Å². The van der Waals surface area contributed by atoms with Gasteiger partial charge in [0.2, 0.25) is 0 Å². The third kappa shape index (κ3) is 3.58. The minimum absolute atomic E-state index is 0.716. The van der Waals surface area contributed by atoms with Crippen LogP contribution in [0.15, 0.2) is 18.2 Å². The Morgan fingerprint density at radius 2 is 1.67 bits per heavy atom. The molecule has 0 saturated heterocycles. The molecule has 1 aromatic carbocycles. The summed E-state index contributed by atoms with van der Waals surface area (Å²) in [7, 11) is 2.13. The fraction of sp³-hybridized carbons (Fsp3) is 0.647. The summed E-state index contributed by atoms with van der Waals surface area (Å²) in [5.74, 6) is 0.818. The van der Waals surface area contributed by atoms with E-state index in [1.165, 1.54) is 55.2 Å². The smallest absolute Gasteiger partial charge is 0.00955 e. The highest BCUT2D eigenvalue weighted by molar-refractivity contribution is 5.29. The summed E-state index contributed by atoms with van der Waals surface area (Å²) in [4.78, 5) is 0. The SMILES string of the molecule is CNC1CCCCCC1Cc1cc(C)cc(C)c1. The van der Waals surface area contributed by atoms with Gasteiger partial charge in [-0.3, -0.25) is 0 Å². The maximum Gasteiger partial charge on any atom is 0.00955 e. The van der Waals surface area contributed by atoms with Crippen LogP contribution in [0.2, 0.25) is 0 Å². The molecule has 18 heavy (non-hydrogen) atoms. The number of benzene rings is 1. The summed E-state index contributed by atoms with van der Waals surface area (Å²) in [6.45, 7) is 4.41. The zero-order chi connectivity index (χ0) is 13.0. The van der Waals surface area contributed by atoms with Gasteiger partial charge in [-0.25, -0.2) is 0 Å². The van der Waals surface area contributed by atoms with Gasteiger partial charge in [-0.1, -0.05) is 48.6 Å². The van der Waals surface area contributed by atoms with Crippen molar-refractivity contribution in [2.24, 2.45) is 5.92 Å². The van der Waals surface area contributed by atoms with Crippen molar-refractivity contribution >= 4 is 0 Å². The van der Waals surface area contributed by atoms with Crippen LogP contribution in [0.3, 0.4) is 0 Å². The average Bonchev–Trinajstić information content (AvgIpc) is 2.52. The Labute approximate surface area is 112 Å². The molecule has 0 spiro atoms. The summed E-state index contributed by atoms with van der Waals surface area (Å²) in [6, 6.07) is 7.72. The van der Waals surface area contributed by atoms with Crippen molar-refractivity contribution in [1.29, 1.82) is 0 Å². The molecule has 1 fully saturated rings. The molecule has 1 nitrogen and oxygen atoms in total. The molecule has 0 bridgehead atoms. The van der Waals surface area contributed by atoms with E-state index in [-0.39, 0.29) is 0 Å². The zero-order valence-corrected chi connectivity index (χ0v) is 12.1. The maximum absolute atomic E-state index is 3.54. The van der Waals surface area contributed by atoms with E-state index in [1.807, 2.05) is 0 Å². The van der Waals surface area contributed by atoms with Gasteiger partial charge in [0.05, 0.1) is 0 Å². The van der Waals surface area contributed by atoms with E-state index in [0.29, 0.717) is 6.04 Å². The van der Waals surface area contributed by atoms with E-state index in [4.69, 9.17) is 0 Å². The van der Waals surface area contributed by atoms with Gasteiger partial charge in [0.25, 0.3) is 0 Å². The second-order valence-electron chi connectivity index (χ2n) is 5.99. The first-order chi connectivity index (χ1) is 8.69. The predicted octanol–water partition coefficient (Wildman–Crippen LogP) is 4.01. The van der Waals surface area contributed by atoms with Crippen LogP contribution in [0.5, 0.6) is 0 Å². The van der Waals surface area contributed by atoms with Crippen LogP contribution in [-0.2, 0) is 6.42 Å². The largest absolute Gasteiger partial charge is 0.317 e. The molecule has 0 aliphatic heterocycles. The molecule has 1 heteroatoms. The van der Waals surface area contributed by atoms with Crippen LogP contribution in [0.4, 0.5) is 0 Å². The Bertz CT molecular complexity index is 363. The molecule has 1 aliphatic rings. The van der Waals surface area contributed by atoms with Gasteiger partial charge >= 0.3 is 0 Å². The molecule has 0 aromatic heterocycles. The fourth-order valence-electron chi connectivity index (χ4n) is 3.50. The molecule has 0 heterocycles. The lowest BCUT2D eigenvalue weighted by Gasteiger charge is -2.25. The van der Waals surface area contributed by atoms with Gasteiger partial charge in [0, 0.05) is 6.04 Å². The van der Waals surface area contributed by atoms with Gasteiger partial charge in [0.1, 0.15) is 0 Å². The Morgan fingerprint density at radius 1 is 1.00 bits per heavy atom. The number of aryl methyl sites for hydroxylation is 2. The number of rotatable bonds is 3. The molecule has 2 rings (SSSR count). The molecule has 2 atom stereocenters. The molecule has 1 N–H and O–H groups in total. The number of hydrogen-bond donors (Lipinski definition) is 1. The zero-order valence-electron chi connectivity index (χ0n) is 12.1. The summed E-state index contributed by atoms with van der Waals surface area (Å²) < 4.78 is 0. The standard InChI is InChI=1S/C17H27N/c1-13-9-14(2)11-15(10-13)12-16-7-5-4-6-8-17(16)18-3/h9-11,16-18H,4-8,12H2,1-3H3. The lowest BCUT2D eigenvalue weighted by molar-refractivity contribution is 0.350. The van der Waals surface area contributed by atoms with E-state index in [2.05, 4.69) is 44.4 Å². The first-order valence-electron chi connectivity index (χ1n) is 7.43. The first-order valence-corrected chi connectivity index (χ1v) is 7.43. The maximum atomic E-state index is 3.54. The van der Waals surface area contributed by atoms with Crippen molar-refractivity contribution in [1.82, 2.24) is 5.32 Å². The van der Waals surface area contributed by atoms with E-state index < -0.39 is 0 Å². The second kappa shape index (κ2) is 6.38. The molecule has 1 aliphatic carbocycles. The Kier molecular flexibility index (Phi) is 4.82. The molecule has 0 amide bonds. The highest BCUT2D eigenvalue weighted by Crippen LogP contribution is 2.27. The summed E-state index contributed by atoms with van der Waals surface area (Å²) in [5, 5.41) is 3.54. The van der Waals surface area contributed by atoms with Gasteiger partial charge in [0.15, 0.2) is 0 Å². The molecule has 100 valence electrons. The first kappa shape index (κ1) is 13.6. The third-order valence-corrected chi connectivity index (χ3v) is 4.31. The van der Waals surface area contributed by atoms with E-state index in [9.17, 15) is 0 Å². The highest BCUT2D eigenvalue weighted by Gasteiger charge is 2.22. The molecule has 0 radical (unpaired) electrons. The lowest BCUT2D eigenvalue weighted by Crippen LogP contribution is -2.33. The van der Waals surface area contributed by atoms with E-state index in [1.54, 1.807) is 0 Å². The van der Waals surface area contributed by atoms with Crippen LogP contribution in [-0.4, -0.2) is 13.1 Å². The lowest BCUT2D eigenvalue weighted by atomic mass is 9.87. The van der Waals surface area contributed by atoms with Crippen LogP contribution in [0.25, 0.3) is 0 Å². The van der Waals surface area contributed by atoms with Crippen molar-refractivity contribution in [3.05, 3.63) is 34.9 Å². The van der Waals surface area contributed by atoms with Crippen molar-refractivity contribution in [2.75, 3.05) is 7.05 Å². The molecule has 1 saturated carbocycles. The van der Waals surface area contributed by atoms with Crippen molar-refractivity contribution in [3.8, 4) is 0 Å². The normalized spacial score (nSPS) is 24.8. The van der Waals surface area contributed by atoms with Crippen molar-refractivity contribution in [2.45, 2.75) is 58.4 Å². The Balaban J connectivity index is 2.09. The summed E-state index contributed by atoms with van der Waals surface area (Å²) in [6.07, 6.45) is 8.21. The van der Waals surface area contributed by atoms with E-state index in [0.717, 1.165) is 5.92 Å². The fourth-order valence-corrected chi connectivity index (χ4v) is 3.50. The van der Waals surface area contributed by atoms with Gasteiger partial charge in [-0.05, 0) is 51.6 Å². The quantitative estimate of drug-likeness (QED) is 0.793. The number of nitrogens with one attached hydrogen (secondary N) is 1. The number of hydrogen-bond acceptors (Lipinski definition) is 1. The summed E-state index contributed by atoms with van der Waals surface area (Å²) >= 11 is 0. The van der Waals surface area contributed by atoms with Crippen LogP contribution < -0.4 is 5.32 Å². The monoisotopic (exact) mass is 245 g/mol. The van der Waals surface area contributed by atoms with Gasteiger partial charge in [-0.15, -0.1) is 0 Å². The minimum atomic E-state index is 0.716. The molecular weight excluding hydrogens is 218 g/mol. The predicted molar refractivity (Wildman–Crippen MR) is 79.0 cm³/mol. The van der Waals surface area contributed by atoms with Crippen LogP contribution in [0, 0.1) is 19.8 Å². The average molecular weight is 245 g/mol. The molecular formula is C17H27N. The van der Waals surface area contributed by atoms with Crippen molar-refractivity contribution < 1.29 is 0 Å².